The second-order valence-corrected chi connectivity index (χ2v) is 4.17. The molecule has 3 nitrogen and oxygen atoms in total. The maximum absolute atomic E-state index is 6.00. The highest BCUT2D eigenvalue weighted by Gasteiger charge is 2.14. The van der Waals surface area contributed by atoms with Crippen molar-refractivity contribution < 1.29 is 4.74 Å². The third-order valence-corrected chi connectivity index (χ3v) is 2.64. The van der Waals surface area contributed by atoms with E-state index in [-0.39, 0.29) is 11.5 Å². The number of ether oxygens (including phenoxy) is 1. The minimum atomic E-state index is -0.0540. The van der Waals surface area contributed by atoms with E-state index in [1.807, 2.05) is 20.8 Å². The summed E-state index contributed by atoms with van der Waals surface area (Å²) in [6, 6.07) is 0. The lowest BCUT2D eigenvalue weighted by Crippen LogP contribution is -2.08. The Morgan fingerprint density at radius 1 is 1.53 bits per heavy atom. The molecule has 0 radical (unpaired) electrons. The van der Waals surface area contributed by atoms with Crippen LogP contribution in [0.2, 0.25) is 0 Å². The SMILES string of the molecule is CCC(OC)c1ncc(C(C)Cl)c(C)n1. The molecular formula is C11H17ClN2O. The molecule has 0 spiro atoms. The lowest BCUT2D eigenvalue weighted by Gasteiger charge is -2.14. The van der Waals surface area contributed by atoms with Crippen molar-refractivity contribution in [1.29, 1.82) is 0 Å². The summed E-state index contributed by atoms with van der Waals surface area (Å²) >= 11 is 6.00. The number of alkyl halides is 1. The Balaban J connectivity index is 3.00. The average molecular weight is 229 g/mol. The maximum Gasteiger partial charge on any atom is 0.157 e. The molecule has 1 rings (SSSR count). The molecule has 1 heterocycles. The standard InChI is InChI=1S/C11H17ClN2O/c1-5-10(15-4)11-13-6-9(7(2)12)8(3)14-11/h6-7,10H,5H2,1-4H3. The van der Waals surface area contributed by atoms with Crippen LogP contribution in [0.1, 0.15) is 48.8 Å². The lowest BCUT2D eigenvalue weighted by molar-refractivity contribution is 0.0924. The zero-order chi connectivity index (χ0) is 11.4. The van der Waals surface area contributed by atoms with Crippen molar-refractivity contribution in [2.75, 3.05) is 7.11 Å². The van der Waals surface area contributed by atoms with Crippen LogP contribution in [-0.4, -0.2) is 17.1 Å². The lowest BCUT2D eigenvalue weighted by atomic mass is 10.2. The minimum Gasteiger partial charge on any atom is -0.373 e. The molecule has 2 unspecified atom stereocenters. The van der Waals surface area contributed by atoms with Gasteiger partial charge in [0.1, 0.15) is 6.10 Å². The number of hydrogen-bond acceptors (Lipinski definition) is 3. The van der Waals surface area contributed by atoms with Gasteiger partial charge < -0.3 is 4.74 Å². The fourth-order valence-electron chi connectivity index (χ4n) is 1.49. The summed E-state index contributed by atoms with van der Waals surface area (Å²) in [5.41, 5.74) is 1.91. The van der Waals surface area contributed by atoms with E-state index in [0.717, 1.165) is 23.5 Å². The van der Waals surface area contributed by atoms with Gasteiger partial charge in [0.2, 0.25) is 0 Å². The predicted molar refractivity (Wildman–Crippen MR) is 61.1 cm³/mol. The summed E-state index contributed by atoms with van der Waals surface area (Å²) in [4.78, 5) is 8.70. The van der Waals surface area contributed by atoms with Gasteiger partial charge in [-0.3, -0.25) is 0 Å². The van der Waals surface area contributed by atoms with E-state index in [1.165, 1.54) is 0 Å². The van der Waals surface area contributed by atoms with E-state index in [0.29, 0.717) is 0 Å². The highest BCUT2D eigenvalue weighted by atomic mass is 35.5. The molecule has 2 atom stereocenters. The zero-order valence-corrected chi connectivity index (χ0v) is 10.4. The molecule has 0 aliphatic carbocycles. The van der Waals surface area contributed by atoms with Crippen molar-refractivity contribution in [2.45, 2.75) is 38.7 Å². The van der Waals surface area contributed by atoms with Crippen molar-refractivity contribution in [3.05, 3.63) is 23.3 Å². The first-order chi connectivity index (χ1) is 7.10. The van der Waals surface area contributed by atoms with Crippen LogP contribution in [0.5, 0.6) is 0 Å². The number of methoxy groups -OCH3 is 1. The summed E-state index contributed by atoms with van der Waals surface area (Å²) in [7, 11) is 1.67. The average Bonchev–Trinajstić information content (AvgIpc) is 2.19. The van der Waals surface area contributed by atoms with E-state index < -0.39 is 0 Å². The molecule has 1 aromatic rings. The molecule has 0 saturated heterocycles. The largest absolute Gasteiger partial charge is 0.373 e. The van der Waals surface area contributed by atoms with Crippen LogP contribution in [0, 0.1) is 6.92 Å². The second-order valence-electron chi connectivity index (χ2n) is 3.52. The van der Waals surface area contributed by atoms with Gasteiger partial charge in [-0.05, 0) is 20.3 Å². The number of halogens is 1. The molecule has 0 N–H and O–H groups in total. The summed E-state index contributed by atoms with van der Waals surface area (Å²) in [5, 5.41) is -0.0540. The Kier molecular flexibility index (Phi) is 4.48. The van der Waals surface area contributed by atoms with E-state index >= 15 is 0 Å². The molecule has 0 amide bonds. The van der Waals surface area contributed by atoms with Crippen LogP contribution >= 0.6 is 11.6 Å². The molecule has 0 aromatic carbocycles. The third kappa shape index (κ3) is 2.89. The highest BCUT2D eigenvalue weighted by Crippen LogP contribution is 2.23. The van der Waals surface area contributed by atoms with E-state index in [4.69, 9.17) is 16.3 Å². The maximum atomic E-state index is 6.00. The van der Waals surface area contributed by atoms with Crippen molar-refractivity contribution in [2.24, 2.45) is 0 Å². The van der Waals surface area contributed by atoms with Gasteiger partial charge in [-0.1, -0.05) is 6.92 Å². The van der Waals surface area contributed by atoms with Gasteiger partial charge in [0, 0.05) is 24.6 Å². The molecule has 84 valence electrons. The van der Waals surface area contributed by atoms with Gasteiger partial charge in [-0.2, -0.15) is 0 Å². The Hall–Kier alpha value is -0.670. The van der Waals surface area contributed by atoms with E-state index in [1.54, 1.807) is 13.3 Å². The molecule has 0 aliphatic heterocycles. The zero-order valence-electron chi connectivity index (χ0n) is 9.62. The predicted octanol–water partition coefficient (Wildman–Crippen LogP) is 3.18. The van der Waals surface area contributed by atoms with E-state index in [2.05, 4.69) is 9.97 Å². The first kappa shape index (κ1) is 12.4. The van der Waals surface area contributed by atoms with Crippen LogP contribution < -0.4 is 0 Å². The van der Waals surface area contributed by atoms with Crippen molar-refractivity contribution in [1.82, 2.24) is 9.97 Å². The normalized spacial score (nSPS) is 15.0. The topological polar surface area (TPSA) is 35.0 Å². The van der Waals surface area contributed by atoms with Crippen LogP contribution in [0.4, 0.5) is 0 Å². The summed E-state index contributed by atoms with van der Waals surface area (Å²) < 4.78 is 5.28. The van der Waals surface area contributed by atoms with Crippen molar-refractivity contribution in [3.8, 4) is 0 Å². The van der Waals surface area contributed by atoms with Crippen LogP contribution in [-0.2, 0) is 4.74 Å². The summed E-state index contributed by atoms with van der Waals surface area (Å²) in [6.07, 6.45) is 2.63. The van der Waals surface area contributed by atoms with Crippen LogP contribution in [0.25, 0.3) is 0 Å². The summed E-state index contributed by atoms with van der Waals surface area (Å²) in [5.74, 6) is 0.735. The molecular weight excluding hydrogens is 212 g/mol. The second kappa shape index (κ2) is 5.42. The Morgan fingerprint density at radius 2 is 2.20 bits per heavy atom. The number of hydrogen-bond donors (Lipinski definition) is 0. The number of nitrogens with zero attached hydrogens (tertiary/aromatic N) is 2. The first-order valence-electron chi connectivity index (χ1n) is 5.10. The van der Waals surface area contributed by atoms with Gasteiger partial charge in [0.05, 0.1) is 5.38 Å². The van der Waals surface area contributed by atoms with Gasteiger partial charge in [-0.25, -0.2) is 9.97 Å². The monoisotopic (exact) mass is 228 g/mol. The quantitative estimate of drug-likeness (QED) is 0.743. The fourth-order valence-corrected chi connectivity index (χ4v) is 1.71. The number of aryl methyl sites for hydroxylation is 1. The number of aromatic nitrogens is 2. The highest BCUT2D eigenvalue weighted by molar-refractivity contribution is 6.20. The van der Waals surface area contributed by atoms with Crippen LogP contribution in [0.3, 0.4) is 0 Å². The molecule has 0 bridgehead atoms. The molecule has 0 saturated carbocycles. The van der Waals surface area contributed by atoms with Crippen LogP contribution in [0.15, 0.2) is 6.20 Å². The van der Waals surface area contributed by atoms with Gasteiger partial charge in [0.15, 0.2) is 5.82 Å². The minimum absolute atomic E-state index is 0.0246. The van der Waals surface area contributed by atoms with Gasteiger partial charge in [-0.15, -0.1) is 11.6 Å². The Bertz CT molecular complexity index is 324. The molecule has 4 heteroatoms. The molecule has 0 aliphatic rings. The smallest absolute Gasteiger partial charge is 0.157 e. The van der Waals surface area contributed by atoms with Gasteiger partial charge in [0.25, 0.3) is 0 Å². The van der Waals surface area contributed by atoms with Gasteiger partial charge >= 0.3 is 0 Å². The fraction of sp³-hybridized carbons (Fsp3) is 0.636. The Morgan fingerprint density at radius 3 is 2.60 bits per heavy atom. The first-order valence-corrected chi connectivity index (χ1v) is 5.54. The molecule has 1 aromatic heterocycles. The van der Waals surface area contributed by atoms with Crippen molar-refractivity contribution >= 4 is 11.6 Å². The van der Waals surface area contributed by atoms with E-state index in [9.17, 15) is 0 Å². The Labute approximate surface area is 95.8 Å². The molecule has 0 fully saturated rings. The third-order valence-electron chi connectivity index (χ3n) is 2.41. The number of rotatable bonds is 4. The summed E-state index contributed by atoms with van der Waals surface area (Å²) in [6.45, 7) is 5.91. The molecule has 15 heavy (non-hydrogen) atoms. The van der Waals surface area contributed by atoms with Crippen molar-refractivity contribution in [3.63, 3.8) is 0 Å².